The molecule has 5 nitrogen and oxygen atoms in total. The molecular weight excluding hydrogens is 414 g/mol. The van der Waals surface area contributed by atoms with Gasteiger partial charge in [0.25, 0.3) is 6.43 Å². The lowest BCUT2D eigenvalue weighted by Crippen LogP contribution is -2.01. The molecule has 0 bridgehead atoms. The monoisotopic (exact) mass is 421 g/mol. The number of nitriles is 1. The summed E-state index contributed by atoms with van der Waals surface area (Å²) in [4.78, 5) is 8.27. The van der Waals surface area contributed by atoms with Crippen LogP contribution in [0.2, 0.25) is 10.2 Å². The normalized spacial score (nSPS) is 11.5. The highest BCUT2D eigenvalue weighted by Gasteiger charge is 2.26. The number of aromatic nitrogens is 4. The Hall–Kier alpha value is -2.89. The first kappa shape index (κ1) is 18.5. The Morgan fingerprint density at radius 2 is 1.96 bits per heavy atom. The molecule has 0 atom stereocenters. The number of aryl methyl sites for hydroxylation is 1. The summed E-state index contributed by atoms with van der Waals surface area (Å²) in [6.45, 7) is 1.61. The number of hydrogen-bond acceptors (Lipinski definition) is 4. The third-order valence-corrected chi connectivity index (χ3v) is 4.95. The number of benzene rings is 1. The highest BCUT2D eigenvalue weighted by molar-refractivity contribution is 6.33. The van der Waals surface area contributed by atoms with Gasteiger partial charge in [-0.3, -0.25) is 4.98 Å². The van der Waals surface area contributed by atoms with Gasteiger partial charge in [0.1, 0.15) is 28.0 Å². The van der Waals surface area contributed by atoms with E-state index < -0.39 is 17.9 Å². The lowest BCUT2D eigenvalue weighted by molar-refractivity contribution is 0.145. The highest BCUT2D eigenvalue weighted by atomic mass is 35.5. The fraction of sp³-hybridized carbons (Fsp3) is 0.111. The first-order valence-electron chi connectivity index (χ1n) is 7.85. The van der Waals surface area contributed by atoms with Gasteiger partial charge in [0, 0.05) is 17.1 Å². The zero-order valence-electron chi connectivity index (χ0n) is 14.0. The largest absolute Gasteiger partial charge is 0.283 e. The van der Waals surface area contributed by atoms with Gasteiger partial charge >= 0.3 is 0 Å². The third kappa shape index (κ3) is 2.58. The molecule has 0 fully saturated rings. The lowest BCUT2D eigenvalue weighted by atomic mass is 10.0. The topological polar surface area (TPSA) is 66.9 Å². The van der Waals surface area contributed by atoms with Gasteiger partial charge in [0.05, 0.1) is 10.7 Å². The molecule has 0 amide bonds. The van der Waals surface area contributed by atoms with Crippen molar-refractivity contribution in [1.29, 1.82) is 5.26 Å². The van der Waals surface area contributed by atoms with Crippen LogP contribution in [-0.2, 0) is 0 Å². The number of rotatable bonds is 2. The van der Waals surface area contributed by atoms with Crippen molar-refractivity contribution in [3.05, 3.63) is 57.3 Å². The van der Waals surface area contributed by atoms with Crippen molar-refractivity contribution >= 4 is 39.8 Å². The summed E-state index contributed by atoms with van der Waals surface area (Å²) in [6, 6.07) is 6.26. The predicted molar refractivity (Wildman–Crippen MR) is 98.1 cm³/mol. The molecule has 3 aromatic heterocycles. The first-order valence-corrected chi connectivity index (χ1v) is 8.60. The maximum atomic E-state index is 14.4. The molecule has 4 rings (SSSR count). The van der Waals surface area contributed by atoms with Crippen molar-refractivity contribution in [1.82, 2.24) is 19.6 Å². The SMILES string of the molecule is Cc1nc2c(C#N)c(C(F)F)nn2c(Cl)c1-c1ccnc2c(F)c(Cl)ccc12. The van der Waals surface area contributed by atoms with Crippen molar-refractivity contribution in [2.75, 3.05) is 0 Å². The van der Waals surface area contributed by atoms with E-state index in [0.717, 1.165) is 4.52 Å². The molecule has 0 N–H and O–H groups in total. The molecule has 140 valence electrons. The molecular formula is C18H8Cl2F3N5. The smallest absolute Gasteiger partial charge is 0.253 e. The molecule has 0 aliphatic heterocycles. The highest BCUT2D eigenvalue weighted by Crippen LogP contribution is 2.38. The molecule has 1 aromatic carbocycles. The van der Waals surface area contributed by atoms with Crippen LogP contribution in [0.3, 0.4) is 0 Å². The van der Waals surface area contributed by atoms with Gasteiger partial charge in [-0.05, 0) is 24.6 Å². The zero-order chi connectivity index (χ0) is 20.2. The summed E-state index contributed by atoms with van der Waals surface area (Å²) >= 11 is 12.3. The van der Waals surface area contributed by atoms with Crippen molar-refractivity contribution in [3.63, 3.8) is 0 Å². The molecule has 0 unspecified atom stereocenters. The van der Waals surface area contributed by atoms with Crippen molar-refractivity contribution < 1.29 is 13.2 Å². The minimum Gasteiger partial charge on any atom is -0.253 e. The number of pyridine rings is 1. The van der Waals surface area contributed by atoms with Gasteiger partial charge in [-0.25, -0.2) is 22.7 Å². The standard InChI is InChI=1S/C18H8Cl2F3N5/c1-7-12(8-4-5-25-14-9(8)2-3-11(19)13(14)21)16(20)28-18(26-7)10(6-24)15(27-28)17(22)23/h2-5,17H,1H3. The third-order valence-electron chi connectivity index (χ3n) is 4.31. The number of fused-ring (bicyclic) bond motifs is 2. The minimum atomic E-state index is -2.96. The molecule has 4 aromatic rings. The van der Waals surface area contributed by atoms with E-state index in [1.807, 2.05) is 0 Å². The van der Waals surface area contributed by atoms with E-state index in [-0.39, 0.29) is 26.9 Å². The van der Waals surface area contributed by atoms with Gasteiger partial charge in [0.15, 0.2) is 11.5 Å². The van der Waals surface area contributed by atoms with Crippen LogP contribution < -0.4 is 0 Å². The van der Waals surface area contributed by atoms with Crippen LogP contribution in [0.15, 0.2) is 24.4 Å². The van der Waals surface area contributed by atoms with E-state index >= 15 is 0 Å². The van der Waals surface area contributed by atoms with Crippen LogP contribution in [0.5, 0.6) is 0 Å². The number of hydrogen-bond donors (Lipinski definition) is 0. The molecule has 0 saturated carbocycles. The molecule has 10 heteroatoms. The molecule has 0 radical (unpaired) electrons. The van der Waals surface area contributed by atoms with Crippen LogP contribution in [0.4, 0.5) is 13.2 Å². The summed E-state index contributed by atoms with van der Waals surface area (Å²) in [5.41, 5.74) is 0.109. The van der Waals surface area contributed by atoms with E-state index in [0.29, 0.717) is 22.2 Å². The zero-order valence-corrected chi connectivity index (χ0v) is 15.5. The van der Waals surface area contributed by atoms with E-state index in [9.17, 15) is 18.4 Å². The van der Waals surface area contributed by atoms with Crippen LogP contribution in [0.25, 0.3) is 27.7 Å². The maximum Gasteiger partial charge on any atom is 0.283 e. The van der Waals surface area contributed by atoms with Gasteiger partial charge in [-0.1, -0.05) is 29.3 Å². The fourth-order valence-corrected chi connectivity index (χ4v) is 3.59. The molecule has 28 heavy (non-hydrogen) atoms. The lowest BCUT2D eigenvalue weighted by Gasteiger charge is -2.12. The maximum absolute atomic E-state index is 14.4. The van der Waals surface area contributed by atoms with Crippen molar-refractivity contribution in [2.24, 2.45) is 0 Å². The number of nitrogens with zero attached hydrogens (tertiary/aromatic N) is 5. The van der Waals surface area contributed by atoms with Crippen molar-refractivity contribution in [3.8, 4) is 17.2 Å². The molecule has 0 aliphatic carbocycles. The molecule has 3 heterocycles. The number of alkyl halides is 2. The predicted octanol–water partition coefficient (Wildman–Crippen LogP) is 5.51. The summed E-state index contributed by atoms with van der Waals surface area (Å²) in [5.74, 6) is -0.685. The Morgan fingerprint density at radius 1 is 1.21 bits per heavy atom. The van der Waals surface area contributed by atoms with Gasteiger partial charge in [-0.15, -0.1) is 0 Å². The number of halogens is 5. The Kier molecular flexibility index (Phi) is 4.37. The second kappa shape index (κ2) is 6.62. The van der Waals surface area contributed by atoms with Crippen LogP contribution >= 0.6 is 23.2 Å². The minimum absolute atomic E-state index is 0.0336. The molecule has 0 saturated heterocycles. The summed E-state index contributed by atoms with van der Waals surface area (Å²) < 4.78 is 41.8. The average Bonchev–Trinajstić information content (AvgIpc) is 3.04. The summed E-state index contributed by atoms with van der Waals surface area (Å²) in [6.07, 6.45) is -1.58. The summed E-state index contributed by atoms with van der Waals surface area (Å²) in [5, 5.41) is 13.3. The van der Waals surface area contributed by atoms with Gasteiger partial charge < -0.3 is 0 Å². The molecule has 0 spiro atoms. The Balaban J connectivity index is 2.10. The van der Waals surface area contributed by atoms with E-state index in [2.05, 4.69) is 15.1 Å². The van der Waals surface area contributed by atoms with Crippen molar-refractivity contribution in [2.45, 2.75) is 13.3 Å². The quantitative estimate of drug-likeness (QED) is 0.400. The average molecular weight is 422 g/mol. The van der Waals surface area contributed by atoms with Crippen LogP contribution in [0, 0.1) is 24.1 Å². The van der Waals surface area contributed by atoms with E-state index in [4.69, 9.17) is 23.2 Å². The van der Waals surface area contributed by atoms with Gasteiger partial charge in [0.2, 0.25) is 0 Å². The summed E-state index contributed by atoms with van der Waals surface area (Å²) in [7, 11) is 0. The van der Waals surface area contributed by atoms with Crippen LogP contribution in [-0.4, -0.2) is 19.6 Å². The Labute approximate surface area is 166 Å². The second-order valence-electron chi connectivity index (χ2n) is 5.89. The fourth-order valence-electron chi connectivity index (χ4n) is 3.08. The first-order chi connectivity index (χ1) is 13.3. The Bertz CT molecular complexity index is 1310. The molecule has 0 aliphatic rings. The van der Waals surface area contributed by atoms with E-state index in [1.54, 1.807) is 25.1 Å². The van der Waals surface area contributed by atoms with E-state index in [1.165, 1.54) is 12.3 Å². The van der Waals surface area contributed by atoms with Gasteiger partial charge in [-0.2, -0.15) is 10.4 Å². The second-order valence-corrected chi connectivity index (χ2v) is 6.65. The Morgan fingerprint density at radius 3 is 2.64 bits per heavy atom. The van der Waals surface area contributed by atoms with Crippen LogP contribution in [0.1, 0.15) is 23.4 Å².